The summed E-state index contributed by atoms with van der Waals surface area (Å²) in [6.45, 7) is 2.38. The van der Waals surface area contributed by atoms with E-state index in [2.05, 4.69) is 34.6 Å². The largest absolute Gasteiger partial charge is 0.397 e. The third kappa shape index (κ3) is 3.55. The number of pyridine rings is 1. The normalized spacial score (nSPS) is 27.9. The molecule has 3 N–H and O–H groups in total. The lowest BCUT2D eigenvalue weighted by Gasteiger charge is -2.57. The van der Waals surface area contributed by atoms with E-state index in [0.29, 0.717) is 22.6 Å². The zero-order valence-electron chi connectivity index (χ0n) is 19.3. The van der Waals surface area contributed by atoms with Gasteiger partial charge in [0.1, 0.15) is 9.71 Å². The monoisotopic (exact) mass is 461 g/mol. The maximum Gasteiger partial charge on any atom is 0.267 e. The molecule has 6 heteroatoms. The van der Waals surface area contributed by atoms with Gasteiger partial charge in [-0.1, -0.05) is 12.1 Å². The van der Waals surface area contributed by atoms with Gasteiger partial charge in [0.2, 0.25) is 0 Å². The first-order valence-electron chi connectivity index (χ1n) is 12.0. The molecule has 4 aliphatic carbocycles. The van der Waals surface area contributed by atoms with Crippen molar-refractivity contribution in [3.05, 3.63) is 52.0 Å². The predicted octanol–water partition coefficient (Wildman–Crippen LogP) is 6.05. The standard InChI is InChI=1S/C27H31N3O2S/c1-15-7-19(14-32-2)22-23(28)24(33-26(22)29-15)25(31)30-21-5-3-20(4-6-21)27-11-16-8-17(12-27)10-18(9-16)13-27/h3-7,16-18H,8-14,28H2,1-2H3,(H,30,31). The Bertz CT molecular complexity index is 1200. The number of aromatic nitrogens is 1. The number of hydrogen-bond acceptors (Lipinski definition) is 5. The van der Waals surface area contributed by atoms with E-state index < -0.39 is 0 Å². The lowest BCUT2D eigenvalue weighted by Crippen LogP contribution is -2.48. The second-order valence-corrected chi connectivity index (χ2v) is 11.6. The number of rotatable bonds is 5. The molecular weight excluding hydrogens is 430 g/mol. The summed E-state index contributed by atoms with van der Waals surface area (Å²) in [6, 6.07) is 10.6. The van der Waals surface area contributed by atoms with Gasteiger partial charge in [-0.2, -0.15) is 0 Å². The minimum absolute atomic E-state index is 0.181. The van der Waals surface area contributed by atoms with Gasteiger partial charge in [0, 0.05) is 23.9 Å². The molecule has 4 aliphatic rings. The van der Waals surface area contributed by atoms with Crippen molar-refractivity contribution in [1.29, 1.82) is 0 Å². The summed E-state index contributed by atoms with van der Waals surface area (Å²) >= 11 is 1.34. The molecule has 0 saturated heterocycles. The lowest BCUT2D eigenvalue weighted by molar-refractivity contribution is -0.00518. The van der Waals surface area contributed by atoms with E-state index in [1.54, 1.807) is 7.11 Å². The summed E-state index contributed by atoms with van der Waals surface area (Å²) < 4.78 is 5.33. The maximum atomic E-state index is 13.1. The van der Waals surface area contributed by atoms with E-state index in [0.717, 1.165) is 44.9 Å². The molecule has 0 atom stereocenters. The Balaban J connectivity index is 1.24. The average Bonchev–Trinajstić information content (AvgIpc) is 3.10. The van der Waals surface area contributed by atoms with Crippen LogP contribution in [0, 0.1) is 24.7 Å². The van der Waals surface area contributed by atoms with Crippen molar-refractivity contribution in [2.24, 2.45) is 17.8 Å². The molecule has 1 aromatic carbocycles. The van der Waals surface area contributed by atoms with E-state index in [4.69, 9.17) is 10.5 Å². The fourth-order valence-corrected chi connectivity index (χ4v) is 8.42. The maximum absolute atomic E-state index is 13.1. The number of methoxy groups -OCH3 is 1. The minimum atomic E-state index is -0.181. The number of nitrogens with zero attached hydrogens (tertiary/aromatic N) is 1. The van der Waals surface area contributed by atoms with Crippen LogP contribution in [0.1, 0.15) is 65.0 Å². The van der Waals surface area contributed by atoms with Gasteiger partial charge in [0.15, 0.2) is 0 Å². The Hall–Kier alpha value is -2.44. The molecule has 0 radical (unpaired) electrons. The number of aryl methyl sites for hydroxylation is 1. The smallest absolute Gasteiger partial charge is 0.267 e. The van der Waals surface area contributed by atoms with Crippen LogP contribution < -0.4 is 11.1 Å². The molecule has 33 heavy (non-hydrogen) atoms. The Labute approximate surface area is 198 Å². The number of nitrogens with one attached hydrogen (secondary N) is 1. The van der Waals surface area contributed by atoms with Crippen molar-refractivity contribution >= 4 is 38.8 Å². The van der Waals surface area contributed by atoms with Crippen LogP contribution in [0.25, 0.3) is 10.2 Å². The number of hydrogen-bond donors (Lipinski definition) is 2. The molecule has 7 rings (SSSR count). The van der Waals surface area contributed by atoms with Crippen LogP contribution in [-0.2, 0) is 16.8 Å². The summed E-state index contributed by atoms with van der Waals surface area (Å²) in [5, 5.41) is 3.89. The Kier molecular flexibility index (Phi) is 5.00. The first-order valence-corrected chi connectivity index (χ1v) is 12.8. The van der Waals surface area contributed by atoms with Crippen LogP contribution in [0.2, 0.25) is 0 Å². The van der Waals surface area contributed by atoms with Crippen molar-refractivity contribution in [2.45, 2.75) is 57.5 Å². The van der Waals surface area contributed by atoms with E-state index in [9.17, 15) is 4.79 Å². The van der Waals surface area contributed by atoms with Gasteiger partial charge in [0.05, 0.1) is 12.3 Å². The predicted molar refractivity (Wildman–Crippen MR) is 134 cm³/mol. The molecule has 4 bridgehead atoms. The summed E-state index contributed by atoms with van der Waals surface area (Å²) in [7, 11) is 1.66. The number of carbonyl (C=O) groups is 1. The highest BCUT2D eigenvalue weighted by Crippen LogP contribution is 2.60. The summed E-state index contributed by atoms with van der Waals surface area (Å²) in [5.41, 5.74) is 11.4. The second kappa shape index (κ2) is 7.81. The van der Waals surface area contributed by atoms with Gasteiger partial charge in [0.25, 0.3) is 5.91 Å². The number of amides is 1. The lowest BCUT2D eigenvalue weighted by atomic mass is 9.48. The van der Waals surface area contributed by atoms with Crippen LogP contribution >= 0.6 is 11.3 Å². The molecule has 0 unspecified atom stereocenters. The highest BCUT2D eigenvalue weighted by atomic mass is 32.1. The Morgan fingerprint density at radius 1 is 1.15 bits per heavy atom. The summed E-state index contributed by atoms with van der Waals surface area (Å²) in [4.78, 5) is 19.0. The van der Waals surface area contributed by atoms with Gasteiger partial charge >= 0.3 is 0 Å². The van der Waals surface area contributed by atoms with Crippen molar-refractivity contribution in [2.75, 3.05) is 18.2 Å². The number of fused-ring (bicyclic) bond motifs is 1. The zero-order chi connectivity index (χ0) is 22.7. The van der Waals surface area contributed by atoms with E-state index in [1.807, 2.05) is 13.0 Å². The fourth-order valence-electron chi connectivity index (χ4n) is 7.33. The third-order valence-electron chi connectivity index (χ3n) is 8.21. The van der Waals surface area contributed by atoms with Crippen molar-refractivity contribution in [3.8, 4) is 0 Å². The van der Waals surface area contributed by atoms with E-state index in [-0.39, 0.29) is 5.91 Å². The van der Waals surface area contributed by atoms with Crippen LogP contribution in [-0.4, -0.2) is 18.0 Å². The number of ether oxygens (including phenoxy) is 1. The molecule has 0 aliphatic heterocycles. The number of carbonyl (C=O) groups excluding carboxylic acids is 1. The number of nitrogen functional groups attached to an aromatic ring is 1. The molecule has 4 saturated carbocycles. The van der Waals surface area contributed by atoms with Crippen LogP contribution in [0.15, 0.2) is 30.3 Å². The van der Waals surface area contributed by atoms with E-state index in [1.165, 1.54) is 55.4 Å². The van der Waals surface area contributed by atoms with E-state index >= 15 is 0 Å². The number of anilines is 2. The highest BCUT2D eigenvalue weighted by molar-refractivity contribution is 7.21. The van der Waals surface area contributed by atoms with Crippen molar-refractivity contribution < 1.29 is 9.53 Å². The number of nitrogens with two attached hydrogens (primary N) is 1. The summed E-state index contributed by atoms with van der Waals surface area (Å²) in [5.74, 6) is 2.59. The first kappa shape index (κ1) is 21.1. The first-order chi connectivity index (χ1) is 15.9. The molecule has 2 heterocycles. The van der Waals surface area contributed by atoms with Crippen molar-refractivity contribution in [1.82, 2.24) is 4.98 Å². The fraction of sp³-hybridized carbons (Fsp3) is 0.481. The third-order valence-corrected chi connectivity index (χ3v) is 9.31. The Morgan fingerprint density at radius 3 is 2.39 bits per heavy atom. The molecule has 172 valence electrons. The molecule has 5 nitrogen and oxygen atoms in total. The molecule has 2 aromatic heterocycles. The van der Waals surface area contributed by atoms with Crippen LogP contribution in [0.5, 0.6) is 0 Å². The Morgan fingerprint density at radius 2 is 1.79 bits per heavy atom. The zero-order valence-corrected chi connectivity index (χ0v) is 20.1. The summed E-state index contributed by atoms with van der Waals surface area (Å²) in [6.07, 6.45) is 8.39. The van der Waals surface area contributed by atoms with Gasteiger partial charge in [-0.25, -0.2) is 4.98 Å². The quantitative estimate of drug-likeness (QED) is 0.485. The van der Waals surface area contributed by atoms with Gasteiger partial charge in [-0.15, -0.1) is 11.3 Å². The van der Waals surface area contributed by atoms with Crippen LogP contribution in [0.3, 0.4) is 0 Å². The van der Waals surface area contributed by atoms with Gasteiger partial charge in [-0.05, 0) is 97.9 Å². The highest BCUT2D eigenvalue weighted by Gasteiger charge is 2.51. The molecule has 4 fully saturated rings. The minimum Gasteiger partial charge on any atom is -0.397 e. The SMILES string of the molecule is COCc1cc(C)nc2sc(C(=O)Nc3ccc(C45CC6CC(CC(C6)C4)C5)cc3)c(N)c12. The number of thiophene rings is 1. The molecule has 0 spiro atoms. The van der Waals surface area contributed by atoms with Crippen LogP contribution in [0.4, 0.5) is 11.4 Å². The second-order valence-electron chi connectivity index (χ2n) is 10.6. The van der Waals surface area contributed by atoms with Gasteiger partial charge < -0.3 is 15.8 Å². The topological polar surface area (TPSA) is 77.2 Å². The average molecular weight is 462 g/mol. The van der Waals surface area contributed by atoms with Crippen molar-refractivity contribution in [3.63, 3.8) is 0 Å². The molecule has 3 aromatic rings. The molecule has 1 amide bonds. The van der Waals surface area contributed by atoms with Gasteiger partial charge in [-0.3, -0.25) is 4.79 Å². The molecular formula is C27H31N3O2S. The number of benzene rings is 1.